The minimum absolute atomic E-state index is 0.0411. The number of rotatable bonds is 5. The Labute approximate surface area is 132 Å². The molecule has 1 rings (SSSR count). The molecular weight excluding hydrogens is 280 g/mol. The Morgan fingerprint density at radius 3 is 2.81 bits per heavy atom. The van der Waals surface area contributed by atoms with Gasteiger partial charge in [-0.1, -0.05) is 17.9 Å². The Hall–Kier alpha value is -1.44. The van der Waals surface area contributed by atoms with Crippen LogP contribution in [0.25, 0.3) is 0 Å². The molecule has 1 aromatic rings. The zero-order valence-corrected chi connectivity index (χ0v) is 14.1. The van der Waals surface area contributed by atoms with Crippen molar-refractivity contribution in [3.63, 3.8) is 0 Å². The zero-order chi connectivity index (χ0) is 15.8. The van der Waals surface area contributed by atoms with Crippen molar-refractivity contribution in [2.75, 3.05) is 25.6 Å². The first-order valence-electron chi connectivity index (χ1n) is 7.07. The molecule has 0 aromatic heterocycles. The van der Waals surface area contributed by atoms with Crippen LogP contribution in [0.3, 0.4) is 0 Å². The fourth-order valence-corrected chi connectivity index (χ4v) is 2.50. The quantitative estimate of drug-likeness (QED) is 0.850. The molecular formula is C17H24N2OS. The highest BCUT2D eigenvalue weighted by atomic mass is 32.2. The Balaban J connectivity index is 2.91. The van der Waals surface area contributed by atoms with Crippen molar-refractivity contribution in [2.45, 2.75) is 26.3 Å². The van der Waals surface area contributed by atoms with Gasteiger partial charge in [-0.25, -0.2) is 0 Å². The predicted octanol–water partition coefficient (Wildman–Crippen LogP) is 2.52. The molecule has 3 nitrogen and oxygen atoms in total. The van der Waals surface area contributed by atoms with E-state index in [2.05, 4.69) is 25.0 Å². The van der Waals surface area contributed by atoms with Crippen LogP contribution in [0.5, 0.6) is 0 Å². The van der Waals surface area contributed by atoms with Crippen molar-refractivity contribution >= 4 is 17.7 Å². The second-order valence-corrected chi connectivity index (χ2v) is 6.07. The zero-order valence-electron chi connectivity index (χ0n) is 13.3. The molecule has 1 atom stereocenters. The summed E-state index contributed by atoms with van der Waals surface area (Å²) in [6.07, 6.45) is 3.08. The molecule has 0 fully saturated rings. The fraction of sp³-hybridized carbons (Fsp3) is 0.471. The van der Waals surface area contributed by atoms with E-state index in [1.807, 2.05) is 32.2 Å². The molecule has 1 aromatic carbocycles. The highest BCUT2D eigenvalue weighted by molar-refractivity contribution is 7.98. The first kappa shape index (κ1) is 17.6. The molecule has 0 aliphatic rings. The number of thioether (sulfide) groups is 1. The Bertz CT molecular complexity index is 545. The minimum Gasteiger partial charge on any atom is -0.339 e. The monoisotopic (exact) mass is 304 g/mol. The SMILES string of the molecule is CSCCC(C)N(C)C(=O)c1ccc(C)c(C#CCN)c1. The van der Waals surface area contributed by atoms with Crippen molar-refractivity contribution in [1.29, 1.82) is 0 Å². The lowest BCUT2D eigenvalue weighted by molar-refractivity contribution is 0.0741. The van der Waals surface area contributed by atoms with Crippen molar-refractivity contribution < 1.29 is 4.79 Å². The first-order valence-corrected chi connectivity index (χ1v) is 8.46. The molecule has 0 aliphatic heterocycles. The summed E-state index contributed by atoms with van der Waals surface area (Å²) in [5, 5.41) is 0. The van der Waals surface area contributed by atoms with E-state index >= 15 is 0 Å². The van der Waals surface area contributed by atoms with Crippen LogP contribution in [0.15, 0.2) is 18.2 Å². The molecule has 0 spiro atoms. The molecule has 0 heterocycles. The molecule has 1 unspecified atom stereocenters. The molecule has 0 saturated carbocycles. The van der Waals surface area contributed by atoms with Gasteiger partial charge >= 0.3 is 0 Å². The topological polar surface area (TPSA) is 46.3 Å². The van der Waals surface area contributed by atoms with Gasteiger partial charge in [0.2, 0.25) is 0 Å². The molecule has 1 amide bonds. The summed E-state index contributed by atoms with van der Waals surface area (Å²) in [5.41, 5.74) is 8.02. The lowest BCUT2D eigenvalue weighted by Crippen LogP contribution is -2.35. The van der Waals surface area contributed by atoms with Crippen LogP contribution in [0.2, 0.25) is 0 Å². The summed E-state index contributed by atoms with van der Waals surface area (Å²) < 4.78 is 0. The third kappa shape index (κ3) is 5.11. The van der Waals surface area contributed by atoms with Gasteiger partial charge in [-0.15, -0.1) is 0 Å². The van der Waals surface area contributed by atoms with Crippen molar-refractivity contribution in [1.82, 2.24) is 4.90 Å². The first-order chi connectivity index (χ1) is 10.0. The normalized spacial score (nSPS) is 11.5. The number of nitrogens with two attached hydrogens (primary N) is 1. The number of amides is 1. The second kappa shape index (κ2) is 8.76. The summed E-state index contributed by atoms with van der Waals surface area (Å²) in [5.74, 6) is 6.96. The lowest BCUT2D eigenvalue weighted by atomic mass is 10.0. The average Bonchev–Trinajstić information content (AvgIpc) is 2.50. The van der Waals surface area contributed by atoms with Gasteiger partial charge in [0.05, 0.1) is 6.54 Å². The standard InChI is InChI=1S/C17H24N2OS/c1-13-7-8-16(12-15(13)6-5-10-18)17(20)19(3)14(2)9-11-21-4/h7-8,12,14H,9-11,18H2,1-4H3. The second-order valence-electron chi connectivity index (χ2n) is 5.08. The van der Waals surface area contributed by atoms with Crippen molar-refractivity contribution in [3.05, 3.63) is 34.9 Å². The van der Waals surface area contributed by atoms with Crippen LogP contribution in [0.4, 0.5) is 0 Å². The van der Waals surface area contributed by atoms with Gasteiger partial charge in [0, 0.05) is 24.2 Å². The van der Waals surface area contributed by atoms with Crippen LogP contribution >= 0.6 is 11.8 Å². The van der Waals surface area contributed by atoms with E-state index in [1.54, 1.807) is 16.7 Å². The summed E-state index contributed by atoms with van der Waals surface area (Å²) in [6, 6.07) is 5.89. The Morgan fingerprint density at radius 1 is 1.48 bits per heavy atom. The smallest absolute Gasteiger partial charge is 0.253 e. The van der Waals surface area contributed by atoms with Gasteiger partial charge in [0.25, 0.3) is 5.91 Å². The van der Waals surface area contributed by atoms with E-state index in [-0.39, 0.29) is 11.9 Å². The Morgan fingerprint density at radius 2 is 2.19 bits per heavy atom. The molecule has 4 heteroatoms. The van der Waals surface area contributed by atoms with Gasteiger partial charge in [0.15, 0.2) is 0 Å². The van der Waals surface area contributed by atoms with Gasteiger partial charge < -0.3 is 10.6 Å². The van der Waals surface area contributed by atoms with Gasteiger partial charge in [0.1, 0.15) is 0 Å². The van der Waals surface area contributed by atoms with Crippen LogP contribution in [-0.2, 0) is 0 Å². The number of carbonyl (C=O) groups is 1. The third-order valence-electron chi connectivity index (χ3n) is 3.53. The molecule has 0 bridgehead atoms. The number of hydrogen-bond donors (Lipinski definition) is 1. The van der Waals surface area contributed by atoms with E-state index in [1.165, 1.54) is 0 Å². The largest absolute Gasteiger partial charge is 0.339 e. The molecule has 0 radical (unpaired) electrons. The van der Waals surface area contributed by atoms with Gasteiger partial charge in [-0.2, -0.15) is 11.8 Å². The third-order valence-corrected chi connectivity index (χ3v) is 4.17. The average molecular weight is 304 g/mol. The van der Waals surface area contributed by atoms with E-state index in [0.29, 0.717) is 12.1 Å². The number of hydrogen-bond acceptors (Lipinski definition) is 3. The van der Waals surface area contributed by atoms with Crippen LogP contribution < -0.4 is 5.73 Å². The van der Waals surface area contributed by atoms with Crippen LogP contribution in [0, 0.1) is 18.8 Å². The van der Waals surface area contributed by atoms with E-state index in [0.717, 1.165) is 23.3 Å². The number of aryl methyl sites for hydroxylation is 1. The number of nitrogens with zero attached hydrogens (tertiary/aromatic N) is 1. The van der Waals surface area contributed by atoms with Crippen molar-refractivity contribution in [3.8, 4) is 11.8 Å². The lowest BCUT2D eigenvalue weighted by Gasteiger charge is -2.25. The summed E-state index contributed by atoms with van der Waals surface area (Å²) in [7, 11) is 1.86. The molecule has 0 aliphatic carbocycles. The maximum Gasteiger partial charge on any atom is 0.253 e. The Kier molecular flexibility index (Phi) is 7.35. The summed E-state index contributed by atoms with van der Waals surface area (Å²) >= 11 is 1.80. The maximum atomic E-state index is 12.5. The molecule has 114 valence electrons. The van der Waals surface area contributed by atoms with Gasteiger partial charge in [-0.3, -0.25) is 4.79 Å². The highest BCUT2D eigenvalue weighted by Gasteiger charge is 2.17. The molecule has 0 saturated heterocycles. The fourth-order valence-electron chi connectivity index (χ4n) is 1.92. The molecule has 2 N–H and O–H groups in total. The van der Waals surface area contributed by atoms with E-state index in [9.17, 15) is 4.79 Å². The minimum atomic E-state index is 0.0411. The number of carbonyl (C=O) groups excluding carboxylic acids is 1. The summed E-state index contributed by atoms with van der Waals surface area (Å²) in [6.45, 7) is 4.39. The van der Waals surface area contributed by atoms with Crippen molar-refractivity contribution in [2.24, 2.45) is 5.73 Å². The number of benzene rings is 1. The summed E-state index contributed by atoms with van der Waals surface area (Å²) in [4.78, 5) is 14.3. The van der Waals surface area contributed by atoms with E-state index < -0.39 is 0 Å². The maximum absolute atomic E-state index is 12.5. The van der Waals surface area contributed by atoms with Crippen LogP contribution in [0.1, 0.15) is 34.8 Å². The predicted molar refractivity (Wildman–Crippen MR) is 91.7 cm³/mol. The van der Waals surface area contributed by atoms with E-state index in [4.69, 9.17) is 5.73 Å². The highest BCUT2D eigenvalue weighted by Crippen LogP contribution is 2.14. The van der Waals surface area contributed by atoms with Gasteiger partial charge in [-0.05, 0) is 50.0 Å². The van der Waals surface area contributed by atoms with Crippen LogP contribution in [-0.4, -0.2) is 42.4 Å². The molecule has 21 heavy (non-hydrogen) atoms.